The van der Waals surface area contributed by atoms with E-state index in [0.717, 1.165) is 17.0 Å². The van der Waals surface area contributed by atoms with Crippen molar-refractivity contribution in [3.05, 3.63) is 100 Å². The fourth-order valence-corrected chi connectivity index (χ4v) is 3.79. The number of carboxylic acid groups (broad SMARTS) is 1. The zero-order valence-corrected chi connectivity index (χ0v) is 16.7. The summed E-state index contributed by atoms with van der Waals surface area (Å²) in [5.41, 5.74) is 0.641. The van der Waals surface area contributed by atoms with Crippen LogP contribution in [0.5, 0.6) is 0 Å². The third kappa shape index (κ3) is 3.87. The molecule has 0 aromatic heterocycles. The van der Waals surface area contributed by atoms with Crippen LogP contribution in [0.2, 0.25) is 5.02 Å². The van der Waals surface area contributed by atoms with Crippen LogP contribution in [0.4, 0.5) is 10.1 Å². The standard InChI is InChI=1S/C23H16ClFN2O4/c24-15-8-6-14(7-9-15)19-21(28)26-18-11-10-16(25)12-17(18)22(29)27(19)20(23(30)31)13-4-2-1-3-5-13/h1-12,19-20H,(H,26,28)(H,30,31). The van der Waals surface area contributed by atoms with E-state index in [0.29, 0.717) is 16.1 Å². The number of anilines is 1. The number of amides is 2. The lowest BCUT2D eigenvalue weighted by Gasteiger charge is -2.34. The molecular formula is C23H16ClFN2O4. The summed E-state index contributed by atoms with van der Waals surface area (Å²) >= 11 is 5.97. The van der Waals surface area contributed by atoms with Crippen LogP contribution in [0.3, 0.4) is 0 Å². The summed E-state index contributed by atoms with van der Waals surface area (Å²) in [4.78, 5) is 40.1. The zero-order valence-electron chi connectivity index (χ0n) is 16.0. The molecule has 0 fully saturated rings. The molecule has 1 heterocycles. The first-order valence-electron chi connectivity index (χ1n) is 9.33. The largest absolute Gasteiger partial charge is 0.479 e. The van der Waals surface area contributed by atoms with Crippen molar-refractivity contribution in [3.8, 4) is 0 Å². The lowest BCUT2D eigenvalue weighted by Crippen LogP contribution is -2.44. The van der Waals surface area contributed by atoms with Crippen LogP contribution in [-0.4, -0.2) is 27.8 Å². The molecule has 31 heavy (non-hydrogen) atoms. The minimum absolute atomic E-state index is 0.107. The number of hydrogen-bond donors (Lipinski definition) is 2. The van der Waals surface area contributed by atoms with Gasteiger partial charge >= 0.3 is 5.97 Å². The summed E-state index contributed by atoms with van der Waals surface area (Å²) in [5.74, 6) is -3.42. The first-order valence-corrected chi connectivity index (χ1v) is 9.71. The molecule has 0 saturated carbocycles. The highest BCUT2D eigenvalue weighted by Crippen LogP contribution is 2.38. The van der Waals surface area contributed by atoms with Gasteiger partial charge in [0.2, 0.25) is 0 Å². The van der Waals surface area contributed by atoms with E-state index in [1.54, 1.807) is 54.6 Å². The number of benzene rings is 3. The van der Waals surface area contributed by atoms with Gasteiger partial charge in [-0.1, -0.05) is 54.1 Å². The molecule has 0 bridgehead atoms. The molecule has 3 aromatic carbocycles. The number of aliphatic carboxylic acids is 1. The van der Waals surface area contributed by atoms with Crippen LogP contribution in [-0.2, 0) is 9.59 Å². The highest BCUT2D eigenvalue weighted by Gasteiger charge is 2.43. The van der Waals surface area contributed by atoms with Gasteiger partial charge in [0.1, 0.15) is 11.9 Å². The predicted octanol–water partition coefficient (Wildman–Crippen LogP) is 4.44. The molecule has 2 unspecified atom stereocenters. The molecule has 1 aliphatic rings. The fraction of sp³-hybridized carbons (Fsp3) is 0.0870. The Balaban J connectivity index is 1.96. The summed E-state index contributed by atoms with van der Waals surface area (Å²) < 4.78 is 14.0. The normalized spacial score (nSPS) is 16.8. The van der Waals surface area contributed by atoms with Gasteiger partial charge in [-0.15, -0.1) is 0 Å². The van der Waals surface area contributed by atoms with E-state index in [2.05, 4.69) is 5.32 Å². The van der Waals surface area contributed by atoms with Crippen LogP contribution in [0.1, 0.15) is 33.6 Å². The number of carbonyl (C=O) groups is 3. The van der Waals surface area contributed by atoms with Crippen molar-refractivity contribution in [1.29, 1.82) is 0 Å². The van der Waals surface area contributed by atoms with Gasteiger partial charge in [-0.25, -0.2) is 9.18 Å². The summed E-state index contributed by atoms with van der Waals surface area (Å²) in [5, 5.41) is 13.1. The van der Waals surface area contributed by atoms with Crippen LogP contribution < -0.4 is 5.32 Å². The molecule has 0 spiro atoms. The number of carboxylic acids is 1. The zero-order chi connectivity index (χ0) is 22.1. The molecule has 0 saturated heterocycles. The number of hydrogen-bond acceptors (Lipinski definition) is 3. The molecule has 3 aromatic rings. The SMILES string of the molecule is O=C(O)C(c1ccccc1)N1C(=O)c2cc(F)ccc2NC(=O)C1c1ccc(Cl)cc1. The summed E-state index contributed by atoms with van der Waals surface area (Å²) in [6.07, 6.45) is 0. The lowest BCUT2D eigenvalue weighted by atomic mass is 9.98. The number of fused-ring (bicyclic) bond motifs is 1. The van der Waals surface area contributed by atoms with Crippen molar-refractivity contribution in [2.45, 2.75) is 12.1 Å². The molecule has 2 N–H and O–H groups in total. The maximum Gasteiger partial charge on any atom is 0.331 e. The van der Waals surface area contributed by atoms with E-state index in [1.807, 2.05) is 0 Å². The number of nitrogens with one attached hydrogen (secondary N) is 1. The molecular weight excluding hydrogens is 423 g/mol. The maximum absolute atomic E-state index is 14.0. The van der Waals surface area contributed by atoms with Crippen molar-refractivity contribution in [1.82, 2.24) is 4.90 Å². The van der Waals surface area contributed by atoms with Crippen molar-refractivity contribution in [2.75, 3.05) is 5.32 Å². The minimum atomic E-state index is -1.49. The van der Waals surface area contributed by atoms with Gasteiger partial charge in [-0.2, -0.15) is 0 Å². The number of rotatable bonds is 4. The Morgan fingerprint density at radius 3 is 2.35 bits per heavy atom. The van der Waals surface area contributed by atoms with Gasteiger partial charge in [-0.3, -0.25) is 9.59 Å². The molecule has 0 aliphatic carbocycles. The van der Waals surface area contributed by atoms with E-state index in [-0.39, 0.29) is 11.3 Å². The third-order valence-corrected chi connectivity index (χ3v) is 5.30. The molecule has 2 amide bonds. The fourth-order valence-electron chi connectivity index (χ4n) is 3.67. The van der Waals surface area contributed by atoms with Gasteiger partial charge in [-0.05, 0) is 41.5 Å². The quantitative estimate of drug-likeness (QED) is 0.630. The van der Waals surface area contributed by atoms with Gasteiger partial charge in [0.05, 0.1) is 11.3 Å². The number of carbonyl (C=O) groups excluding carboxylic acids is 2. The lowest BCUT2D eigenvalue weighted by molar-refractivity contribution is -0.144. The summed E-state index contributed by atoms with van der Waals surface area (Å²) in [6.45, 7) is 0. The Kier molecular flexibility index (Phi) is 5.44. The van der Waals surface area contributed by atoms with E-state index in [4.69, 9.17) is 11.6 Å². The average molecular weight is 439 g/mol. The Morgan fingerprint density at radius 1 is 1.03 bits per heavy atom. The first kappa shape index (κ1) is 20.6. The van der Waals surface area contributed by atoms with Gasteiger partial charge < -0.3 is 15.3 Å². The number of nitrogens with zero attached hydrogens (tertiary/aromatic N) is 1. The Hall–Kier alpha value is -3.71. The van der Waals surface area contributed by atoms with Crippen molar-refractivity contribution in [3.63, 3.8) is 0 Å². The monoisotopic (exact) mass is 438 g/mol. The second-order valence-corrected chi connectivity index (χ2v) is 7.43. The van der Waals surface area contributed by atoms with Crippen LogP contribution >= 0.6 is 11.6 Å². The molecule has 8 heteroatoms. The average Bonchev–Trinajstić information content (AvgIpc) is 2.85. The van der Waals surface area contributed by atoms with E-state index in [9.17, 15) is 23.9 Å². The topological polar surface area (TPSA) is 86.7 Å². The second kappa shape index (κ2) is 8.20. The van der Waals surface area contributed by atoms with E-state index >= 15 is 0 Å². The van der Waals surface area contributed by atoms with Crippen molar-refractivity contribution in [2.24, 2.45) is 0 Å². The Labute approximate surface area is 181 Å². The highest BCUT2D eigenvalue weighted by atomic mass is 35.5. The molecule has 0 radical (unpaired) electrons. The summed E-state index contributed by atoms with van der Waals surface area (Å²) in [7, 11) is 0. The molecule has 4 rings (SSSR count). The first-order chi connectivity index (χ1) is 14.9. The summed E-state index contributed by atoms with van der Waals surface area (Å²) in [6, 6.07) is 14.9. The molecule has 1 aliphatic heterocycles. The van der Waals surface area contributed by atoms with Gasteiger partial charge in [0, 0.05) is 5.02 Å². The van der Waals surface area contributed by atoms with Crippen LogP contribution in [0.15, 0.2) is 72.8 Å². The Morgan fingerprint density at radius 2 is 1.71 bits per heavy atom. The highest BCUT2D eigenvalue weighted by molar-refractivity contribution is 6.30. The van der Waals surface area contributed by atoms with E-state index < -0.39 is 35.7 Å². The third-order valence-electron chi connectivity index (χ3n) is 5.04. The van der Waals surface area contributed by atoms with Crippen molar-refractivity contribution >= 4 is 35.1 Å². The van der Waals surface area contributed by atoms with Gasteiger partial charge in [0.25, 0.3) is 11.8 Å². The minimum Gasteiger partial charge on any atom is -0.479 e. The van der Waals surface area contributed by atoms with Gasteiger partial charge in [0.15, 0.2) is 6.04 Å². The van der Waals surface area contributed by atoms with Crippen molar-refractivity contribution < 1.29 is 23.9 Å². The van der Waals surface area contributed by atoms with Crippen LogP contribution in [0, 0.1) is 5.82 Å². The van der Waals surface area contributed by atoms with E-state index in [1.165, 1.54) is 6.07 Å². The molecule has 2 atom stereocenters. The Bertz CT molecular complexity index is 1170. The van der Waals surface area contributed by atoms with Crippen LogP contribution in [0.25, 0.3) is 0 Å². The molecule has 156 valence electrons. The number of halogens is 2. The predicted molar refractivity (Wildman–Crippen MR) is 112 cm³/mol. The maximum atomic E-state index is 14.0. The second-order valence-electron chi connectivity index (χ2n) is 7.00. The smallest absolute Gasteiger partial charge is 0.331 e. The molecule has 6 nitrogen and oxygen atoms in total.